The fourth-order valence-corrected chi connectivity index (χ4v) is 3.35. The molecule has 0 aliphatic carbocycles. The number of aryl methyl sites for hydroxylation is 1. The molecule has 4 rings (SSSR count). The minimum absolute atomic E-state index is 0.575. The van der Waals surface area contributed by atoms with Crippen LogP contribution in [0.3, 0.4) is 0 Å². The summed E-state index contributed by atoms with van der Waals surface area (Å²) in [6, 6.07) is 18.1. The van der Waals surface area contributed by atoms with Gasteiger partial charge in [0.25, 0.3) is 0 Å². The van der Waals surface area contributed by atoms with Crippen LogP contribution in [-0.4, -0.2) is 24.8 Å². The summed E-state index contributed by atoms with van der Waals surface area (Å²) in [6.45, 7) is 1.99. The first-order valence-electron chi connectivity index (χ1n) is 7.95. The fourth-order valence-electron chi connectivity index (χ4n) is 2.62. The van der Waals surface area contributed by atoms with Gasteiger partial charge in [-0.2, -0.15) is 0 Å². The van der Waals surface area contributed by atoms with Gasteiger partial charge in [0.05, 0.1) is 11.2 Å². The van der Waals surface area contributed by atoms with Crippen molar-refractivity contribution in [2.75, 3.05) is 5.84 Å². The van der Waals surface area contributed by atoms with Crippen LogP contribution in [-0.2, 0) is 6.42 Å². The van der Waals surface area contributed by atoms with E-state index in [1.807, 2.05) is 61.5 Å². The molecule has 0 aliphatic heterocycles. The Labute approximate surface area is 149 Å². The van der Waals surface area contributed by atoms with Crippen LogP contribution in [0.15, 0.2) is 64.9 Å². The number of para-hydroxylation sites is 1. The number of nitrogen functional groups attached to an aromatic ring is 1. The Hall–Kier alpha value is -2.93. The Balaban J connectivity index is 1.83. The van der Waals surface area contributed by atoms with Gasteiger partial charge >= 0.3 is 0 Å². The molecule has 2 aromatic heterocycles. The van der Waals surface area contributed by atoms with Crippen LogP contribution in [0.1, 0.15) is 12.7 Å². The number of aromatic nitrogens is 5. The zero-order valence-corrected chi connectivity index (χ0v) is 14.4. The molecule has 124 valence electrons. The zero-order chi connectivity index (χ0) is 17.2. The second-order valence-electron chi connectivity index (χ2n) is 5.46. The maximum atomic E-state index is 6.04. The molecule has 2 aromatic carbocycles. The third-order valence-corrected chi connectivity index (χ3v) is 4.69. The smallest absolute Gasteiger partial charge is 0.217 e. The molecule has 0 atom stereocenters. The van der Waals surface area contributed by atoms with E-state index in [1.54, 1.807) is 0 Å². The molecule has 4 aromatic rings. The molecule has 0 unspecified atom stereocenters. The van der Waals surface area contributed by atoms with Gasteiger partial charge in [-0.15, -0.1) is 10.2 Å². The number of hydrogen-bond acceptors (Lipinski definition) is 6. The van der Waals surface area contributed by atoms with Gasteiger partial charge < -0.3 is 5.84 Å². The molecular formula is C18H16N6S. The van der Waals surface area contributed by atoms with Gasteiger partial charge in [-0.05, 0) is 17.8 Å². The maximum absolute atomic E-state index is 6.04. The Kier molecular flexibility index (Phi) is 4.07. The Morgan fingerprint density at radius 2 is 1.72 bits per heavy atom. The van der Waals surface area contributed by atoms with Crippen molar-refractivity contribution in [2.45, 2.75) is 23.7 Å². The van der Waals surface area contributed by atoms with E-state index in [0.717, 1.165) is 34.4 Å². The van der Waals surface area contributed by atoms with Crippen LogP contribution < -0.4 is 5.84 Å². The van der Waals surface area contributed by atoms with E-state index in [9.17, 15) is 0 Å². The molecule has 2 heterocycles. The monoisotopic (exact) mass is 348 g/mol. The maximum Gasteiger partial charge on any atom is 0.217 e. The molecule has 0 saturated carbocycles. The number of rotatable bonds is 4. The number of fused-ring (bicyclic) bond motifs is 1. The second-order valence-corrected chi connectivity index (χ2v) is 6.40. The lowest BCUT2D eigenvalue weighted by Gasteiger charge is -2.08. The summed E-state index contributed by atoms with van der Waals surface area (Å²) in [7, 11) is 0. The van der Waals surface area contributed by atoms with Crippen molar-refractivity contribution in [3.05, 3.63) is 60.4 Å². The molecule has 0 radical (unpaired) electrons. The van der Waals surface area contributed by atoms with Crippen molar-refractivity contribution in [2.24, 2.45) is 0 Å². The van der Waals surface area contributed by atoms with Crippen molar-refractivity contribution in [3.8, 4) is 11.3 Å². The van der Waals surface area contributed by atoms with Gasteiger partial charge in [-0.1, -0.05) is 55.5 Å². The average molecular weight is 348 g/mol. The quantitative estimate of drug-likeness (QED) is 0.450. The number of nitrogens with zero attached hydrogens (tertiary/aromatic N) is 5. The summed E-state index contributed by atoms with van der Waals surface area (Å²) >= 11 is 1.32. The van der Waals surface area contributed by atoms with E-state index < -0.39 is 0 Å². The van der Waals surface area contributed by atoms with Crippen molar-refractivity contribution >= 4 is 22.7 Å². The first-order chi connectivity index (χ1) is 12.3. The zero-order valence-electron chi connectivity index (χ0n) is 13.6. The van der Waals surface area contributed by atoms with Crippen molar-refractivity contribution in [3.63, 3.8) is 0 Å². The summed E-state index contributed by atoms with van der Waals surface area (Å²) in [5, 5.41) is 10.4. The van der Waals surface area contributed by atoms with Gasteiger partial charge in [-0.3, -0.25) is 0 Å². The van der Waals surface area contributed by atoms with E-state index >= 15 is 0 Å². The first-order valence-corrected chi connectivity index (χ1v) is 8.77. The highest BCUT2D eigenvalue weighted by molar-refractivity contribution is 7.99. The topological polar surface area (TPSA) is 82.5 Å². The molecule has 25 heavy (non-hydrogen) atoms. The standard InChI is InChI=1S/C18H16N6S/c1-2-15-22-23-18(24(15)19)25-17-20-14-11-7-6-10-13(14)16(21-17)12-8-4-3-5-9-12/h3-11H,2,19H2,1H3. The summed E-state index contributed by atoms with van der Waals surface area (Å²) < 4.78 is 1.49. The van der Waals surface area contributed by atoms with Crippen LogP contribution >= 0.6 is 11.8 Å². The highest BCUT2D eigenvalue weighted by Gasteiger charge is 2.14. The SMILES string of the molecule is CCc1nnc(Sc2nc(-c3ccccc3)c3ccccc3n2)n1N. The van der Waals surface area contributed by atoms with Crippen LogP contribution in [0.4, 0.5) is 0 Å². The molecule has 6 nitrogen and oxygen atoms in total. The molecule has 0 saturated heterocycles. The third-order valence-electron chi connectivity index (χ3n) is 3.86. The van der Waals surface area contributed by atoms with Crippen molar-refractivity contribution in [1.29, 1.82) is 0 Å². The lowest BCUT2D eigenvalue weighted by atomic mass is 10.1. The molecule has 0 amide bonds. The largest absolute Gasteiger partial charge is 0.336 e. The van der Waals surface area contributed by atoms with Gasteiger partial charge in [0.2, 0.25) is 5.16 Å². The summed E-state index contributed by atoms with van der Waals surface area (Å²) in [5.41, 5.74) is 2.83. The average Bonchev–Trinajstić information content (AvgIpc) is 3.01. The van der Waals surface area contributed by atoms with Gasteiger partial charge in [0.15, 0.2) is 11.0 Å². The number of hydrogen-bond donors (Lipinski definition) is 1. The highest BCUT2D eigenvalue weighted by Crippen LogP contribution is 2.30. The minimum Gasteiger partial charge on any atom is -0.336 e. The lowest BCUT2D eigenvalue weighted by Crippen LogP contribution is -2.13. The summed E-state index contributed by atoms with van der Waals surface area (Å²) in [6.07, 6.45) is 0.720. The van der Waals surface area contributed by atoms with Crippen molar-refractivity contribution in [1.82, 2.24) is 24.8 Å². The molecule has 0 bridgehead atoms. The van der Waals surface area contributed by atoms with Crippen LogP contribution in [0, 0.1) is 0 Å². The molecule has 2 N–H and O–H groups in total. The summed E-state index contributed by atoms with van der Waals surface area (Å²) in [5.74, 6) is 6.77. The molecular weight excluding hydrogens is 332 g/mol. The molecule has 0 spiro atoms. The molecule has 0 aliphatic rings. The van der Waals surface area contributed by atoms with E-state index in [4.69, 9.17) is 10.8 Å². The molecule has 7 heteroatoms. The van der Waals surface area contributed by atoms with Crippen LogP contribution in [0.5, 0.6) is 0 Å². The van der Waals surface area contributed by atoms with Gasteiger partial charge in [-0.25, -0.2) is 14.6 Å². The summed E-state index contributed by atoms with van der Waals surface area (Å²) in [4.78, 5) is 9.41. The van der Waals surface area contributed by atoms with Crippen LogP contribution in [0.25, 0.3) is 22.2 Å². The van der Waals surface area contributed by atoms with Gasteiger partial charge in [0, 0.05) is 17.4 Å². The fraction of sp³-hybridized carbons (Fsp3) is 0.111. The molecule has 0 fully saturated rings. The predicted molar refractivity (Wildman–Crippen MR) is 98.6 cm³/mol. The number of benzene rings is 2. The van der Waals surface area contributed by atoms with E-state index in [2.05, 4.69) is 15.2 Å². The lowest BCUT2D eigenvalue weighted by molar-refractivity contribution is 0.793. The van der Waals surface area contributed by atoms with E-state index in [0.29, 0.717) is 10.3 Å². The Bertz CT molecular complexity index is 1030. The second kappa shape index (κ2) is 6.52. The Morgan fingerprint density at radius 3 is 2.48 bits per heavy atom. The minimum atomic E-state index is 0.575. The normalized spacial score (nSPS) is 11.1. The van der Waals surface area contributed by atoms with E-state index in [1.165, 1.54) is 16.4 Å². The van der Waals surface area contributed by atoms with E-state index in [-0.39, 0.29) is 0 Å². The van der Waals surface area contributed by atoms with Crippen LogP contribution in [0.2, 0.25) is 0 Å². The highest BCUT2D eigenvalue weighted by atomic mass is 32.2. The predicted octanol–water partition coefficient (Wildman–Crippen LogP) is 3.32. The van der Waals surface area contributed by atoms with Crippen molar-refractivity contribution < 1.29 is 0 Å². The third kappa shape index (κ3) is 2.94. The first kappa shape index (κ1) is 15.6. The Morgan fingerprint density at radius 1 is 0.960 bits per heavy atom. The van der Waals surface area contributed by atoms with Gasteiger partial charge in [0.1, 0.15) is 0 Å². The number of nitrogens with two attached hydrogens (primary N) is 1.